The molecule has 1 aliphatic rings. The van der Waals surface area contributed by atoms with Gasteiger partial charge in [-0.25, -0.2) is 4.98 Å². The quantitative estimate of drug-likeness (QED) is 0.843. The topological polar surface area (TPSA) is 63.5 Å². The van der Waals surface area contributed by atoms with E-state index in [0.717, 1.165) is 29.9 Å². The Morgan fingerprint density at radius 1 is 1.39 bits per heavy atom. The highest BCUT2D eigenvalue weighted by Gasteiger charge is 2.30. The summed E-state index contributed by atoms with van der Waals surface area (Å²) in [6.07, 6.45) is 1.72. The molecule has 0 unspecified atom stereocenters. The zero-order chi connectivity index (χ0) is 16.6. The smallest absolute Gasteiger partial charge is 0.274 e. The van der Waals surface area contributed by atoms with E-state index in [2.05, 4.69) is 15.0 Å². The number of amides is 1. The minimum atomic E-state index is -0.0531. The fourth-order valence-corrected chi connectivity index (χ4v) is 2.92. The second kappa shape index (κ2) is 6.00. The fraction of sp³-hybridized carbons (Fsp3) is 0.438. The molecule has 0 saturated heterocycles. The summed E-state index contributed by atoms with van der Waals surface area (Å²) in [4.78, 5) is 20.3. The third-order valence-electron chi connectivity index (χ3n) is 4.08. The maximum Gasteiger partial charge on any atom is 0.274 e. The summed E-state index contributed by atoms with van der Waals surface area (Å²) in [5.41, 5.74) is 3.71. The first-order chi connectivity index (χ1) is 11.0. The van der Waals surface area contributed by atoms with Crippen molar-refractivity contribution in [1.29, 1.82) is 0 Å². The molecular formula is C16H21N5O2. The zero-order valence-corrected chi connectivity index (χ0v) is 13.9. The average molecular weight is 315 g/mol. The van der Waals surface area contributed by atoms with Gasteiger partial charge < -0.3 is 9.64 Å². The standard InChI is InChI=1S/C16H21N5O2/c1-19(2)16(22)14-12-9-21(10-13(12)20(3)18-14)8-11-6-5-7-17-15(11)23-4/h5-7H,8-10H2,1-4H3. The molecule has 23 heavy (non-hydrogen) atoms. The van der Waals surface area contributed by atoms with E-state index in [1.165, 1.54) is 0 Å². The summed E-state index contributed by atoms with van der Waals surface area (Å²) in [6.45, 7) is 2.19. The number of carbonyl (C=O) groups excluding carboxylic acids is 1. The maximum absolute atomic E-state index is 12.3. The number of aromatic nitrogens is 3. The van der Waals surface area contributed by atoms with Crippen LogP contribution in [0.1, 0.15) is 27.3 Å². The number of hydrogen-bond acceptors (Lipinski definition) is 5. The lowest BCUT2D eigenvalue weighted by Crippen LogP contribution is -2.24. The molecule has 0 fully saturated rings. The fourth-order valence-electron chi connectivity index (χ4n) is 2.92. The number of methoxy groups -OCH3 is 1. The van der Waals surface area contributed by atoms with Crippen molar-refractivity contribution in [3.63, 3.8) is 0 Å². The van der Waals surface area contributed by atoms with Crippen molar-refractivity contribution in [1.82, 2.24) is 24.6 Å². The number of aryl methyl sites for hydroxylation is 1. The lowest BCUT2D eigenvalue weighted by atomic mass is 10.2. The molecule has 7 nitrogen and oxygen atoms in total. The molecule has 0 radical (unpaired) electrons. The van der Waals surface area contributed by atoms with Gasteiger partial charge in [-0.05, 0) is 6.07 Å². The molecule has 2 aromatic heterocycles. The lowest BCUT2D eigenvalue weighted by Gasteiger charge is -2.17. The SMILES string of the molecule is COc1ncccc1CN1Cc2c(C(=O)N(C)C)nn(C)c2C1. The molecule has 1 aliphatic heterocycles. The Morgan fingerprint density at radius 3 is 2.87 bits per heavy atom. The molecule has 3 heterocycles. The van der Waals surface area contributed by atoms with Crippen LogP contribution in [0.5, 0.6) is 5.88 Å². The van der Waals surface area contributed by atoms with E-state index in [4.69, 9.17) is 4.74 Å². The van der Waals surface area contributed by atoms with Crippen LogP contribution in [0, 0.1) is 0 Å². The molecule has 0 atom stereocenters. The van der Waals surface area contributed by atoms with Crippen LogP contribution in [0.3, 0.4) is 0 Å². The highest BCUT2D eigenvalue weighted by Crippen LogP contribution is 2.28. The number of hydrogen-bond donors (Lipinski definition) is 0. The van der Waals surface area contributed by atoms with E-state index in [9.17, 15) is 4.79 Å². The van der Waals surface area contributed by atoms with Crippen molar-refractivity contribution < 1.29 is 9.53 Å². The van der Waals surface area contributed by atoms with Crippen molar-refractivity contribution in [2.45, 2.75) is 19.6 Å². The second-order valence-corrected chi connectivity index (χ2v) is 5.91. The van der Waals surface area contributed by atoms with Gasteiger partial charge in [0.15, 0.2) is 5.69 Å². The van der Waals surface area contributed by atoms with Gasteiger partial charge in [-0.15, -0.1) is 0 Å². The number of rotatable bonds is 4. The van der Waals surface area contributed by atoms with Crippen LogP contribution >= 0.6 is 0 Å². The van der Waals surface area contributed by atoms with Gasteiger partial charge in [0.05, 0.1) is 12.8 Å². The molecule has 0 spiro atoms. The first kappa shape index (κ1) is 15.5. The number of fused-ring (bicyclic) bond motifs is 1. The molecule has 1 amide bonds. The predicted octanol–water partition coefficient (Wildman–Crippen LogP) is 1.04. The number of ether oxygens (including phenoxy) is 1. The van der Waals surface area contributed by atoms with Gasteiger partial charge in [0, 0.05) is 58.1 Å². The molecule has 0 bridgehead atoms. The third kappa shape index (κ3) is 2.79. The minimum Gasteiger partial charge on any atom is -0.481 e. The van der Waals surface area contributed by atoms with Gasteiger partial charge in [-0.1, -0.05) is 6.07 Å². The number of nitrogens with zero attached hydrogens (tertiary/aromatic N) is 5. The van der Waals surface area contributed by atoms with Crippen LogP contribution in [0.2, 0.25) is 0 Å². The van der Waals surface area contributed by atoms with Gasteiger partial charge in [0.25, 0.3) is 5.91 Å². The van der Waals surface area contributed by atoms with Crippen LogP contribution in [0.25, 0.3) is 0 Å². The molecule has 7 heteroatoms. The van der Waals surface area contributed by atoms with E-state index in [1.807, 2.05) is 23.9 Å². The predicted molar refractivity (Wildman–Crippen MR) is 85.0 cm³/mol. The minimum absolute atomic E-state index is 0.0531. The van der Waals surface area contributed by atoms with Crippen LogP contribution in [-0.2, 0) is 26.7 Å². The highest BCUT2D eigenvalue weighted by molar-refractivity contribution is 5.93. The van der Waals surface area contributed by atoms with E-state index in [-0.39, 0.29) is 5.91 Å². The summed E-state index contributed by atoms with van der Waals surface area (Å²) in [5, 5.41) is 4.39. The highest BCUT2D eigenvalue weighted by atomic mass is 16.5. The van der Waals surface area contributed by atoms with Crippen molar-refractivity contribution in [3.8, 4) is 5.88 Å². The van der Waals surface area contributed by atoms with Gasteiger partial charge in [-0.3, -0.25) is 14.4 Å². The van der Waals surface area contributed by atoms with Crippen LogP contribution in [0.15, 0.2) is 18.3 Å². The normalized spacial score (nSPS) is 13.9. The maximum atomic E-state index is 12.3. The molecule has 122 valence electrons. The van der Waals surface area contributed by atoms with Crippen molar-refractivity contribution in [3.05, 3.63) is 40.8 Å². The van der Waals surface area contributed by atoms with Crippen molar-refractivity contribution in [2.75, 3.05) is 21.2 Å². The summed E-state index contributed by atoms with van der Waals surface area (Å²) in [7, 11) is 7.01. The van der Waals surface area contributed by atoms with Crippen molar-refractivity contribution >= 4 is 5.91 Å². The van der Waals surface area contributed by atoms with E-state index in [0.29, 0.717) is 18.1 Å². The van der Waals surface area contributed by atoms with Crippen molar-refractivity contribution in [2.24, 2.45) is 7.05 Å². The molecular weight excluding hydrogens is 294 g/mol. The molecule has 0 aromatic carbocycles. The van der Waals surface area contributed by atoms with E-state index >= 15 is 0 Å². The first-order valence-corrected chi connectivity index (χ1v) is 7.48. The number of carbonyl (C=O) groups is 1. The Balaban J connectivity index is 1.82. The molecule has 3 rings (SSSR count). The summed E-state index contributed by atoms with van der Waals surface area (Å²) >= 11 is 0. The summed E-state index contributed by atoms with van der Waals surface area (Å²) < 4.78 is 7.13. The monoisotopic (exact) mass is 315 g/mol. The van der Waals surface area contributed by atoms with Gasteiger partial charge in [0.2, 0.25) is 5.88 Å². The summed E-state index contributed by atoms with van der Waals surface area (Å²) in [6, 6.07) is 3.92. The molecule has 0 aliphatic carbocycles. The Morgan fingerprint density at radius 2 is 2.17 bits per heavy atom. The number of pyridine rings is 1. The molecule has 0 saturated carbocycles. The van der Waals surface area contributed by atoms with Gasteiger partial charge in [0.1, 0.15) is 0 Å². The Hall–Kier alpha value is -2.41. The largest absolute Gasteiger partial charge is 0.481 e. The summed E-state index contributed by atoms with van der Waals surface area (Å²) in [5.74, 6) is 0.592. The van der Waals surface area contributed by atoms with Crippen LogP contribution < -0.4 is 4.74 Å². The van der Waals surface area contributed by atoms with E-state index in [1.54, 1.807) is 32.3 Å². The van der Waals surface area contributed by atoms with Gasteiger partial charge >= 0.3 is 0 Å². The lowest BCUT2D eigenvalue weighted by molar-refractivity contribution is 0.0819. The van der Waals surface area contributed by atoms with Gasteiger partial charge in [-0.2, -0.15) is 5.10 Å². The molecule has 0 N–H and O–H groups in total. The van der Waals surface area contributed by atoms with Crippen LogP contribution in [-0.4, -0.2) is 51.7 Å². The average Bonchev–Trinajstić information content (AvgIpc) is 3.07. The molecule has 2 aromatic rings. The Labute approximate surface area is 135 Å². The Bertz CT molecular complexity index is 738. The Kier molecular flexibility index (Phi) is 4.04. The first-order valence-electron chi connectivity index (χ1n) is 7.48. The van der Waals surface area contributed by atoms with E-state index < -0.39 is 0 Å². The zero-order valence-electron chi connectivity index (χ0n) is 13.9. The third-order valence-corrected chi connectivity index (χ3v) is 4.08. The second-order valence-electron chi connectivity index (χ2n) is 5.91. The van der Waals surface area contributed by atoms with Crippen LogP contribution in [0.4, 0.5) is 0 Å².